The second-order valence-corrected chi connectivity index (χ2v) is 5.23. The Kier molecular flexibility index (Phi) is 4.65. The number of carbonyl (C=O) groups is 3. The van der Waals surface area contributed by atoms with E-state index >= 15 is 0 Å². The second-order valence-electron chi connectivity index (χ2n) is 4.27. The molecule has 0 aliphatic carbocycles. The fraction of sp³-hybridized carbons (Fsp3) is 0.727. The lowest BCUT2D eigenvalue weighted by atomic mass is 10.2. The quantitative estimate of drug-likeness (QED) is 0.615. The molecular formula is C11H16N2O5S. The van der Waals surface area contributed by atoms with Gasteiger partial charge in [0.05, 0.1) is 32.0 Å². The summed E-state index contributed by atoms with van der Waals surface area (Å²) in [5.41, 5.74) is 0. The van der Waals surface area contributed by atoms with Crippen molar-refractivity contribution in [3.63, 3.8) is 0 Å². The van der Waals surface area contributed by atoms with Gasteiger partial charge in [0.25, 0.3) is 0 Å². The molecule has 0 aromatic carbocycles. The van der Waals surface area contributed by atoms with Crippen molar-refractivity contribution < 1.29 is 23.9 Å². The number of nitrogens with zero attached hydrogens (tertiary/aromatic N) is 2. The lowest BCUT2D eigenvalue weighted by Gasteiger charge is -2.34. The molecule has 7 nitrogen and oxygen atoms in total. The molecule has 0 aromatic rings. The Morgan fingerprint density at radius 1 is 1.53 bits per heavy atom. The van der Waals surface area contributed by atoms with Crippen LogP contribution in [-0.4, -0.2) is 78.7 Å². The van der Waals surface area contributed by atoms with E-state index in [9.17, 15) is 14.4 Å². The highest BCUT2D eigenvalue weighted by Crippen LogP contribution is 2.16. The zero-order valence-corrected chi connectivity index (χ0v) is 11.5. The molecule has 2 amide bonds. The highest BCUT2D eigenvalue weighted by Gasteiger charge is 2.35. The van der Waals surface area contributed by atoms with Crippen molar-refractivity contribution in [1.82, 2.24) is 9.80 Å². The third-order valence-electron chi connectivity index (χ3n) is 3.07. The Morgan fingerprint density at radius 3 is 2.95 bits per heavy atom. The molecule has 2 saturated heterocycles. The fourth-order valence-corrected chi connectivity index (χ4v) is 2.93. The van der Waals surface area contributed by atoms with Crippen molar-refractivity contribution in [3.8, 4) is 0 Å². The van der Waals surface area contributed by atoms with Gasteiger partial charge in [0.15, 0.2) is 6.04 Å². The minimum atomic E-state index is -0.711. The molecule has 2 aliphatic rings. The number of esters is 1. The molecule has 0 saturated carbocycles. The average Bonchev–Trinajstić information content (AvgIpc) is 2.83. The van der Waals surface area contributed by atoms with Crippen LogP contribution in [0, 0.1) is 0 Å². The number of rotatable bonds is 3. The van der Waals surface area contributed by atoms with E-state index in [1.807, 2.05) is 0 Å². The van der Waals surface area contributed by atoms with Crippen molar-refractivity contribution in [2.45, 2.75) is 6.04 Å². The van der Waals surface area contributed by atoms with Gasteiger partial charge < -0.3 is 19.3 Å². The molecule has 1 atom stereocenters. The monoisotopic (exact) mass is 288 g/mol. The van der Waals surface area contributed by atoms with Crippen LogP contribution in [0.25, 0.3) is 0 Å². The molecular weight excluding hydrogens is 272 g/mol. The van der Waals surface area contributed by atoms with Crippen molar-refractivity contribution >= 4 is 29.5 Å². The van der Waals surface area contributed by atoms with Crippen LogP contribution in [0.3, 0.4) is 0 Å². The van der Waals surface area contributed by atoms with Crippen LogP contribution >= 0.6 is 11.8 Å². The van der Waals surface area contributed by atoms with Crippen molar-refractivity contribution in [1.29, 1.82) is 0 Å². The SMILES string of the molecule is COC(=O)C1COCCN1C(=O)CN1CSCC1=O. The summed E-state index contributed by atoms with van der Waals surface area (Å²) in [6, 6.07) is -0.711. The molecule has 0 radical (unpaired) electrons. The van der Waals surface area contributed by atoms with E-state index in [0.717, 1.165) is 0 Å². The van der Waals surface area contributed by atoms with Crippen LogP contribution in [0.15, 0.2) is 0 Å². The molecule has 0 aromatic heterocycles. The summed E-state index contributed by atoms with van der Waals surface area (Å²) in [4.78, 5) is 38.2. The average molecular weight is 288 g/mol. The van der Waals surface area contributed by atoms with Crippen molar-refractivity contribution in [2.24, 2.45) is 0 Å². The molecule has 0 spiro atoms. The maximum atomic E-state index is 12.2. The summed E-state index contributed by atoms with van der Waals surface area (Å²) in [6.45, 7) is 0.885. The number of ether oxygens (including phenoxy) is 2. The molecule has 2 heterocycles. The smallest absolute Gasteiger partial charge is 0.331 e. The number of methoxy groups -OCH3 is 1. The van der Waals surface area contributed by atoms with Crippen molar-refractivity contribution in [2.75, 3.05) is 45.0 Å². The number of carbonyl (C=O) groups excluding carboxylic acids is 3. The van der Waals surface area contributed by atoms with Crippen LogP contribution in [0.1, 0.15) is 0 Å². The van der Waals surface area contributed by atoms with Gasteiger partial charge in [-0.2, -0.15) is 0 Å². The normalized spacial score (nSPS) is 23.6. The largest absolute Gasteiger partial charge is 0.467 e. The van der Waals surface area contributed by atoms with Crippen LogP contribution in [0.4, 0.5) is 0 Å². The maximum Gasteiger partial charge on any atom is 0.331 e. The molecule has 2 aliphatic heterocycles. The zero-order valence-electron chi connectivity index (χ0n) is 10.7. The second kappa shape index (κ2) is 6.25. The van der Waals surface area contributed by atoms with E-state index in [1.54, 1.807) is 0 Å². The van der Waals surface area contributed by atoms with Gasteiger partial charge in [0.1, 0.15) is 6.54 Å². The fourth-order valence-electron chi connectivity index (χ4n) is 2.03. The lowest BCUT2D eigenvalue weighted by Crippen LogP contribution is -2.55. The summed E-state index contributed by atoms with van der Waals surface area (Å²) >= 11 is 1.48. The lowest BCUT2D eigenvalue weighted by molar-refractivity contribution is -0.161. The van der Waals surface area contributed by atoms with E-state index in [2.05, 4.69) is 4.74 Å². The van der Waals surface area contributed by atoms with Gasteiger partial charge in [0.2, 0.25) is 11.8 Å². The summed E-state index contributed by atoms with van der Waals surface area (Å²) in [6.07, 6.45) is 0. The zero-order chi connectivity index (χ0) is 13.8. The van der Waals surface area contributed by atoms with Gasteiger partial charge >= 0.3 is 5.97 Å². The van der Waals surface area contributed by atoms with Gasteiger partial charge in [-0.15, -0.1) is 11.8 Å². The maximum absolute atomic E-state index is 12.2. The molecule has 8 heteroatoms. The van der Waals surface area contributed by atoms with Gasteiger partial charge in [0, 0.05) is 6.54 Å². The summed E-state index contributed by atoms with van der Waals surface area (Å²) < 4.78 is 9.86. The molecule has 106 valence electrons. The van der Waals surface area contributed by atoms with E-state index in [0.29, 0.717) is 24.8 Å². The van der Waals surface area contributed by atoms with E-state index in [-0.39, 0.29) is 25.0 Å². The van der Waals surface area contributed by atoms with Crippen molar-refractivity contribution in [3.05, 3.63) is 0 Å². The predicted octanol–water partition coefficient (Wildman–Crippen LogP) is -1.08. The number of hydrogen-bond acceptors (Lipinski definition) is 6. The standard InChI is InChI=1S/C11H16N2O5S/c1-17-11(16)8-5-18-3-2-13(8)9(14)4-12-7-19-6-10(12)15/h8H,2-7H2,1H3. The number of morpholine rings is 1. The third kappa shape index (κ3) is 3.19. The Morgan fingerprint density at radius 2 is 2.32 bits per heavy atom. The molecule has 0 N–H and O–H groups in total. The Bertz CT molecular complexity index is 389. The number of hydrogen-bond donors (Lipinski definition) is 0. The van der Waals surface area contributed by atoms with Gasteiger partial charge in [-0.3, -0.25) is 9.59 Å². The van der Waals surface area contributed by atoms with E-state index in [4.69, 9.17) is 4.74 Å². The Hall–Kier alpha value is -1.28. The highest BCUT2D eigenvalue weighted by molar-refractivity contribution is 8.00. The van der Waals surface area contributed by atoms with E-state index < -0.39 is 12.0 Å². The molecule has 19 heavy (non-hydrogen) atoms. The summed E-state index contributed by atoms with van der Waals surface area (Å²) in [5.74, 6) is 0.167. The minimum Gasteiger partial charge on any atom is -0.467 e. The van der Waals surface area contributed by atoms with Crippen LogP contribution in [0.5, 0.6) is 0 Å². The van der Waals surface area contributed by atoms with Crippen LogP contribution < -0.4 is 0 Å². The third-order valence-corrected chi connectivity index (χ3v) is 4.02. The highest BCUT2D eigenvalue weighted by atomic mass is 32.2. The van der Waals surface area contributed by atoms with Crippen LogP contribution in [-0.2, 0) is 23.9 Å². The Balaban J connectivity index is 1.99. The first kappa shape index (κ1) is 14.1. The number of thioether (sulfide) groups is 1. The van der Waals surface area contributed by atoms with Gasteiger partial charge in [-0.1, -0.05) is 0 Å². The predicted molar refractivity (Wildman–Crippen MR) is 67.4 cm³/mol. The van der Waals surface area contributed by atoms with Gasteiger partial charge in [-0.25, -0.2) is 4.79 Å². The first-order valence-electron chi connectivity index (χ1n) is 5.94. The molecule has 0 bridgehead atoms. The number of amides is 2. The Labute approximate surface area is 115 Å². The first-order valence-corrected chi connectivity index (χ1v) is 7.09. The van der Waals surface area contributed by atoms with Crippen LogP contribution in [0.2, 0.25) is 0 Å². The van der Waals surface area contributed by atoms with E-state index in [1.165, 1.54) is 28.7 Å². The molecule has 1 unspecified atom stereocenters. The first-order chi connectivity index (χ1) is 9.13. The van der Waals surface area contributed by atoms with Gasteiger partial charge in [-0.05, 0) is 0 Å². The molecule has 2 rings (SSSR count). The molecule has 2 fully saturated rings. The summed E-state index contributed by atoms with van der Waals surface area (Å²) in [5, 5.41) is 0. The summed E-state index contributed by atoms with van der Waals surface area (Å²) in [7, 11) is 1.28. The topological polar surface area (TPSA) is 76.2 Å². The minimum absolute atomic E-state index is 0.0132.